The molecule has 6 unspecified atom stereocenters. The summed E-state index contributed by atoms with van der Waals surface area (Å²) in [6.07, 6.45) is 36.3. The fourth-order valence-corrected chi connectivity index (χ4v) is 9.20. The molecule has 10 nitrogen and oxygen atoms in total. The zero-order chi connectivity index (χ0) is 49.8. The summed E-state index contributed by atoms with van der Waals surface area (Å²) in [6, 6.07) is 21.3. The lowest BCUT2D eigenvalue weighted by molar-refractivity contribution is -0.150. The first-order chi connectivity index (χ1) is 32.9. The number of unbranched alkanes of at least 4 members (excludes halogenated alkanes) is 8. The van der Waals surface area contributed by atoms with Gasteiger partial charge in [-0.1, -0.05) is 157 Å². The van der Waals surface area contributed by atoms with Gasteiger partial charge in [-0.15, -0.1) is 0 Å². The number of ether oxygens (including phenoxy) is 2. The summed E-state index contributed by atoms with van der Waals surface area (Å²) in [5.74, 6) is -4.29. The Morgan fingerprint density at radius 2 is 1.01 bits per heavy atom. The molecule has 3 heterocycles. The summed E-state index contributed by atoms with van der Waals surface area (Å²) in [5.41, 5.74) is 1.29. The van der Waals surface area contributed by atoms with Gasteiger partial charge < -0.3 is 29.5 Å². The van der Waals surface area contributed by atoms with E-state index < -0.39 is 23.8 Å². The maximum Gasteiger partial charge on any atom is 0.314 e. The van der Waals surface area contributed by atoms with Gasteiger partial charge in [0.15, 0.2) is 0 Å². The molecular weight excluding hydrogens is 853 g/mol. The summed E-state index contributed by atoms with van der Waals surface area (Å²) in [7, 11) is 4.58. The summed E-state index contributed by atoms with van der Waals surface area (Å²) >= 11 is 0. The van der Waals surface area contributed by atoms with Crippen molar-refractivity contribution in [3.8, 4) is 0 Å². The highest BCUT2D eigenvalue weighted by molar-refractivity contribution is 5.78. The second kappa shape index (κ2) is 37.6. The van der Waals surface area contributed by atoms with E-state index in [1.54, 1.807) is 48.5 Å². The first-order valence-electron chi connectivity index (χ1n) is 26.5. The molecule has 3 fully saturated rings. The molecular formula is C58H92N2O8. The van der Waals surface area contributed by atoms with Crippen LogP contribution in [0.25, 0.3) is 0 Å². The van der Waals surface area contributed by atoms with Gasteiger partial charge in [-0.3, -0.25) is 19.2 Å². The third-order valence-corrected chi connectivity index (χ3v) is 13.7. The molecule has 0 amide bonds. The normalized spacial score (nSPS) is 19.9. The molecule has 0 saturated carbocycles. The maximum atomic E-state index is 11.8. The number of rotatable bonds is 26. The number of benzene rings is 2. The summed E-state index contributed by atoms with van der Waals surface area (Å²) in [6.45, 7) is 8.76. The minimum atomic E-state index is -0.986. The maximum absolute atomic E-state index is 11.8. The highest BCUT2D eigenvalue weighted by atomic mass is 16.5. The number of allylic oxidation sites excluding steroid dienone is 4. The van der Waals surface area contributed by atoms with E-state index in [0.29, 0.717) is 24.0 Å². The van der Waals surface area contributed by atoms with Gasteiger partial charge in [-0.2, -0.15) is 0 Å². The molecule has 3 aliphatic heterocycles. The number of aliphatic carboxylic acids is 2. The predicted octanol–water partition coefficient (Wildman–Crippen LogP) is 13.7. The number of carboxylic acid groups (broad SMARTS) is 2. The molecule has 6 atom stereocenters. The van der Waals surface area contributed by atoms with Gasteiger partial charge in [0.25, 0.3) is 0 Å². The second-order valence-electron chi connectivity index (χ2n) is 19.1. The lowest BCUT2D eigenvalue weighted by atomic mass is 9.94. The van der Waals surface area contributed by atoms with Crippen LogP contribution in [-0.4, -0.2) is 95.4 Å². The predicted molar refractivity (Wildman–Crippen MR) is 278 cm³/mol. The molecule has 68 heavy (non-hydrogen) atoms. The molecule has 5 rings (SSSR count). The Morgan fingerprint density at radius 1 is 0.559 bits per heavy atom. The second-order valence-corrected chi connectivity index (χ2v) is 19.1. The summed E-state index contributed by atoms with van der Waals surface area (Å²) < 4.78 is 10.3. The Morgan fingerprint density at radius 3 is 1.50 bits per heavy atom. The van der Waals surface area contributed by atoms with Gasteiger partial charge in [-0.05, 0) is 122 Å². The van der Waals surface area contributed by atoms with Crippen LogP contribution in [0.15, 0.2) is 85.0 Å². The molecule has 2 N–H and O–H groups in total. The molecule has 2 bridgehead atoms. The van der Waals surface area contributed by atoms with E-state index in [0.717, 1.165) is 49.9 Å². The summed E-state index contributed by atoms with van der Waals surface area (Å²) in [4.78, 5) is 51.2. The van der Waals surface area contributed by atoms with Crippen molar-refractivity contribution < 1.29 is 38.9 Å². The van der Waals surface area contributed by atoms with E-state index in [-0.39, 0.29) is 31.6 Å². The van der Waals surface area contributed by atoms with Gasteiger partial charge in [0.05, 0.1) is 0 Å². The fraction of sp³-hybridized carbons (Fsp3) is 0.655. The number of esters is 2. The fourth-order valence-electron chi connectivity index (χ4n) is 9.20. The molecule has 3 saturated heterocycles. The van der Waals surface area contributed by atoms with Gasteiger partial charge in [-0.25, -0.2) is 0 Å². The van der Waals surface area contributed by atoms with Crippen molar-refractivity contribution in [2.75, 3.05) is 27.3 Å². The zero-order valence-electron chi connectivity index (χ0n) is 43.2. The largest absolute Gasteiger partial charge is 0.481 e. The van der Waals surface area contributed by atoms with E-state index in [9.17, 15) is 29.4 Å². The number of nitrogens with zero attached hydrogens (tertiary/aromatic N) is 2. The quantitative estimate of drug-likeness (QED) is 0.0533. The van der Waals surface area contributed by atoms with Crippen LogP contribution in [0.1, 0.15) is 205 Å². The van der Waals surface area contributed by atoms with Crippen molar-refractivity contribution in [2.45, 2.75) is 218 Å². The Hall–Kier alpha value is -4.28. The van der Waals surface area contributed by atoms with E-state index in [2.05, 4.69) is 69.8 Å². The molecule has 2 aromatic rings. The Balaban J connectivity index is 0.000000335. The van der Waals surface area contributed by atoms with Crippen LogP contribution in [0.2, 0.25) is 0 Å². The Bertz CT molecular complexity index is 1670. The number of carbonyl (C=O) groups is 4. The smallest absolute Gasteiger partial charge is 0.314 e. The molecule has 2 aromatic carbocycles. The first kappa shape index (κ1) is 59.8. The van der Waals surface area contributed by atoms with E-state index >= 15 is 0 Å². The van der Waals surface area contributed by atoms with E-state index in [4.69, 9.17) is 9.47 Å². The van der Waals surface area contributed by atoms with E-state index in [1.807, 2.05) is 18.2 Å². The van der Waals surface area contributed by atoms with Crippen molar-refractivity contribution in [1.29, 1.82) is 0 Å². The average molecular weight is 945 g/mol. The van der Waals surface area contributed by atoms with Crippen LogP contribution in [0, 0.1) is 0 Å². The highest BCUT2D eigenvalue weighted by Gasteiger charge is 2.33. The van der Waals surface area contributed by atoms with Crippen molar-refractivity contribution in [1.82, 2.24) is 9.80 Å². The molecule has 3 aliphatic rings. The van der Waals surface area contributed by atoms with Gasteiger partial charge in [0.2, 0.25) is 0 Å². The van der Waals surface area contributed by atoms with Crippen molar-refractivity contribution in [2.24, 2.45) is 0 Å². The lowest BCUT2D eigenvalue weighted by Crippen LogP contribution is -2.42. The van der Waals surface area contributed by atoms with E-state index in [1.165, 1.54) is 109 Å². The third kappa shape index (κ3) is 25.9. The number of carboxylic acids is 2. The SMILES string of the molecule is CCCC1CCCC(C)N1C.CCCCC/C=C\CCC(=O)OCC(C(=O)O)c1ccccc1.CCCCCC/C=C\CCCC(=O)OCC(C(=O)O)c1ccccc1.CN1C2CCCC1CC2. The van der Waals surface area contributed by atoms with Crippen LogP contribution in [0.4, 0.5) is 0 Å². The minimum absolute atomic E-state index is 0.120. The van der Waals surface area contributed by atoms with Crippen LogP contribution < -0.4 is 0 Å². The number of likely N-dealkylation sites (tertiary alicyclic amines) is 1. The lowest BCUT2D eigenvalue weighted by Gasteiger charge is -2.37. The topological polar surface area (TPSA) is 134 Å². The number of hydrogen-bond donors (Lipinski definition) is 2. The van der Waals surface area contributed by atoms with Crippen molar-refractivity contribution in [3.63, 3.8) is 0 Å². The number of fused-ring (bicyclic) bond motifs is 2. The Kier molecular flexibility index (Phi) is 33.1. The van der Waals surface area contributed by atoms with Crippen LogP contribution >= 0.6 is 0 Å². The molecule has 0 radical (unpaired) electrons. The molecule has 10 heteroatoms. The third-order valence-electron chi connectivity index (χ3n) is 13.7. The van der Waals surface area contributed by atoms with Gasteiger partial charge in [0.1, 0.15) is 25.0 Å². The molecule has 0 spiro atoms. The first-order valence-corrected chi connectivity index (χ1v) is 26.5. The monoisotopic (exact) mass is 945 g/mol. The molecule has 382 valence electrons. The van der Waals surface area contributed by atoms with Crippen LogP contribution in [0.5, 0.6) is 0 Å². The van der Waals surface area contributed by atoms with Gasteiger partial charge in [0, 0.05) is 37.0 Å². The van der Waals surface area contributed by atoms with Crippen molar-refractivity contribution in [3.05, 3.63) is 96.1 Å². The average Bonchev–Trinajstić information content (AvgIpc) is 3.50. The van der Waals surface area contributed by atoms with Crippen molar-refractivity contribution >= 4 is 23.9 Å². The number of piperidine rings is 2. The number of hydrogen-bond acceptors (Lipinski definition) is 8. The standard InChI is InChI=1S/C21H30O4.C19H26O4.C10H21N.C8H15N/c1-2-3-4-5-6-7-8-9-13-16-20(22)25-17-19(21(23)24)18-14-11-10-12-15-18;1-2-3-4-5-6-7-11-14-18(20)23-15-17(19(21)22)16-12-9-8-10-13-16;1-4-6-10-8-5-7-9(2)11(10)3;1-9-7-3-2-4-8(9)6-5-7/h7-8,10-12,14-15,19H,2-6,9,13,16-17H2,1H3,(H,23,24);6-10,12-13,17H,2-5,11,14-15H2,1H3,(H,21,22);9-10H,4-8H2,1-3H3;7-8H,2-6H2,1H3/b8-7-;7-6-;;. The zero-order valence-corrected chi connectivity index (χ0v) is 43.2. The van der Waals surface area contributed by atoms with Gasteiger partial charge >= 0.3 is 23.9 Å². The number of carbonyl (C=O) groups excluding carboxylic acids is 2. The molecule has 0 aromatic heterocycles. The van der Waals surface area contributed by atoms with Crippen LogP contribution in [0.3, 0.4) is 0 Å². The Labute approximate surface area is 412 Å². The van der Waals surface area contributed by atoms with Crippen LogP contribution in [-0.2, 0) is 28.7 Å². The minimum Gasteiger partial charge on any atom is -0.481 e. The molecule has 0 aliphatic carbocycles. The summed E-state index contributed by atoms with van der Waals surface area (Å²) in [5, 5.41) is 18.5. The highest BCUT2D eigenvalue weighted by Crippen LogP contribution is 2.33.